The third-order valence-electron chi connectivity index (χ3n) is 2.32. The number of imidazole rings is 1. The van der Waals surface area contributed by atoms with Crippen LogP contribution in [-0.4, -0.2) is 29.8 Å². The first-order chi connectivity index (χ1) is 8.31. The molecule has 2 rings (SSSR count). The fourth-order valence-corrected chi connectivity index (χ4v) is 2.06. The van der Waals surface area contributed by atoms with Crippen molar-refractivity contribution >= 4 is 28.5 Å². The molecule has 0 saturated carbocycles. The molecule has 1 N–H and O–H groups in total. The van der Waals surface area contributed by atoms with E-state index in [1.807, 2.05) is 16.8 Å². The maximum absolute atomic E-state index is 5.00. The molecule has 17 heavy (non-hydrogen) atoms. The molecule has 0 aliphatic rings. The number of hydrogen-bond acceptors (Lipinski definition) is 3. The van der Waals surface area contributed by atoms with Gasteiger partial charge in [0.05, 0.1) is 6.61 Å². The van der Waals surface area contributed by atoms with Crippen LogP contribution in [0, 0.1) is 3.57 Å². The number of benzene rings is 1. The topological polar surface area (TPSA) is 39.1 Å². The zero-order valence-electron chi connectivity index (χ0n) is 9.56. The lowest BCUT2D eigenvalue weighted by Gasteiger charge is -2.09. The van der Waals surface area contributed by atoms with Crippen molar-refractivity contribution in [2.45, 2.75) is 0 Å². The lowest BCUT2D eigenvalue weighted by atomic mass is 10.3. The first-order valence-electron chi connectivity index (χ1n) is 5.33. The van der Waals surface area contributed by atoms with Gasteiger partial charge in [0.15, 0.2) is 0 Å². The van der Waals surface area contributed by atoms with E-state index in [9.17, 15) is 0 Å². The van der Waals surface area contributed by atoms with Gasteiger partial charge in [-0.05, 0) is 40.8 Å². The molecule has 1 aromatic heterocycles. The normalized spacial score (nSPS) is 10.5. The second-order valence-electron chi connectivity index (χ2n) is 3.52. The van der Waals surface area contributed by atoms with E-state index in [-0.39, 0.29) is 0 Å². The molecular formula is C12H14IN3O. The van der Waals surface area contributed by atoms with Crippen LogP contribution in [0.4, 0.5) is 5.95 Å². The molecule has 0 bridgehead atoms. The van der Waals surface area contributed by atoms with Gasteiger partial charge in [0.2, 0.25) is 5.95 Å². The van der Waals surface area contributed by atoms with Gasteiger partial charge in [-0.1, -0.05) is 6.07 Å². The lowest BCUT2D eigenvalue weighted by Crippen LogP contribution is -2.11. The molecule has 0 amide bonds. The predicted octanol–water partition coefficient (Wildman–Crippen LogP) is 2.54. The third-order valence-corrected chi connectivity index (χ3v) is 2.99. The summed E-state index contributed by atoms with van der Waals surface area (Å²) in [6.45, 7) is 1.41. The molecule has 0 atom stereocenters. The maximum Gasteiger partial charge on any atom is 0.207 e. The van der Waals surface area contributed by atoms with Gasteiger partial charge in [-0.2, -0.15) is 0 Å². The number of methoxy groups -OCH3 is 1. The van der Waals surface area contributed by atoms with Crippen LogP contribution < -0.4 is 5.32 Å². The van der Waals surface area contributed by atoms with Gasteiger partial charge >= 0.3 is 0 Å². The Morgan fingerprint density at radius 1 is 1.47 bits per heavy atom. The van der Waals surface area contributed by atoms with Crippen LogP contribution >= 0.6 is 22.6 Å². The van der Waals surface area contributed by atoms with Gasteiger partial charge in [-0.15, -0.1) is 0 Å². The zero-order chi connectivity index (χ0) is 12.1. The third kappa shape index (κ3) is 3.19. The summed E-state index contributed by atoms with van der Waals surface area (Å²) in [6, 6.07) is 8.28. The van der Waals surface area contributed by atoms with Gasteiger partial charge in [0.25, 0.3) is 0 Å². The highest BCUT2D eigenvalue weighted by molar-refractivity contribution is 14.1. The minimum atomic E-state index is 0.666. The average Bonchev–Trinajstić information content (AvgIpc) is 2.78. The summed E-state index contributed by atoms with van der Waals surface area (Å²) in [7, 11) is 1.69. The van der Waals surface area contributed by atoms with Gasteiger partial charge in [-0.3, -0.25) is 4.57 Å². The number of nitrogens with one attached hydrogen (secondary N) is 1. The van der Waals surface area contributed by atoms with E-state index in [2.05, 4.69) is 51.1 Å². The highest BCUT2D eigenvalue weighted by Gasteiger charge is 2.04. The number of rotatable bonds is 5. The number of aromatic nitrogens is 2. The van der Waals surface area contributed by atoms with Crippen molar-refractivity contribution in [1.82, 2.24) is 9.55 Å². The van der Waals surface area contributed by atoms with Crippen molar-refractivity contribution in [1.29, 1.82) is 0 Å². The minimum Gasteiger partial charge on any atom is -0.383 e. The molecule has 4 nitrogen and oxygen atoms in total. The van der Waals surface area contributed by atoms with Crippen LogP contribution in [0.25, 0.3) is 5.69 Å². The highest BCUT2D eigenvalue weighted by Crippen LogP contribution is 2.16. The van der Waals surface area contributed by atoms with Gasteiger partial charge in [0.1, 0.15) is 0 Å². The van der Waals surface area contributed by atoms with Crippen molar-refractivity contribution in [3.63, 3.8) is 0 Å². The molecule has 1 aromatic carbocycles. The molecule has 0 unspecified atom stereocenters. The molecule has 0 fully saturated rings. The van der Waals surface area contributed by atoms with Crippen molar-refractivity contribution in [2.75, 3.05) is 25.6 Å². The molecule has 0 radical (unpaired) electrons. The predicted molar refractivity (Wildman–Crippen MR) is 76.6 cm³/mol. The Labute approximate surface area is 114 Å². The van der Waals surface area contributed by atoms with Gasteiger partial charge in [-0.25, -0.2) is 4.98 Å². The molecule has 0 aliphatic carbocycles. The highest BCUT2D eigenvalue weighted by atomic mass is 127. The van der Waals surface area contributed by atoms with E-state index in [4.69, 9.17) is 4.74 Å². The van der Waals surface area contributed by atoms with Gasteiger partial charge < -0.3 is 10.1 Å². The van der Waals surface area contributed by atoms with Crippen LogP contribution in [0.3, 0.4) is 0 Å². The Morgan fingerprint density at radius 3 is 3.12 bits per heavy atom. The lowest BCUT2D eigenvalue weighted by molar-refractivity contribution is 0.210. The van der Waals surface area contributed by atoms with Crippen LogP contribution in [0.15, 0.2) is 36.7 Å². The van der Waals surface area contributed by atoms with Crippen LogP contribution in [0.2, 0.25) is 0 Å². The number of nitrogens with zero attached hydrogens (tertiary/aromatic N) is 2. The molecule has 0 saturated heterocycles. The average molecular weight is 343 g/mol. The fourth-order valence-electron chi connectivity index (χ4n) is 1.53. The summed E-state index contributed by atoms with van der Waals surface area (Å²) in [5.41, 5.74) is 1.11. The van der Waals surface area contributed by atoms with E-state index >= 15 is 0 Å². The number of ether oxygens (including phenoxy) is 1. The summed E-state index contributed by atoms with van der Waals surface area (Å²) in [5.74, 6) is 0.837. The summed E-state index contributed by atoms with van der Waals surface area (Å²) < 4.78 is 8.23. The number of halogens is 1. The fraction of sp³-hybridized carbons (Fsp3) is 0.250. The van der Waals surface area contributed by atoms with Crippen molar-refractivity contribution in [2.24, 2.45) is 0 Å². The Kier molecular flexibility index (Phi) is 4.38. The van der Waals surface area contributed by atoms with Crippen LogP contribution in [0.5, 0.6) is 0 Å². The Morgan fingerprint density at radius 2 is 2.35 bits per heavy atom. The second kappa shape index (κ2) is 6.02. The van der Waals surface area contributed by atoms with Crippen molar-refractivity contribution < 1.29 is 4.74 Å². The van der Waals surface area contributed by atoms with Crippen molar-refractivity contribution in [3.05, 3.63) is 40.2 Å². The van der Waals surface area contributed by atoms with E-state index in [0.717, 1.165) is 18.2 Å². The molecule has 90 valence electrons. The molecule has 1 heterocycles. The van der Waals surface area contributed by atoms with Crippen molar-refractivity contribution in [3.8, 4) is 5.69 Å². The zero-order valence-corrected chi connectivity index (χ0v) is 11.7. The van der Waals surface area contributed by atoms with E-state index < -0.39 is 0 Å². The molecule has 0 spiro atoms. The quantitative estimate of drug-likeness (QED) is 0.670. The van der Waals surface area contributed by atoms with Crippen LogP contribution in [-0.2, 0) is 4.74 Å². The largest absolute Gasteiger partial charge is 0.383 e. The molecular weight excluding hydrogens is 329 g/mol. The SMILES string of the molecule is COCCNc1nccn1-c1cccc(I)c1. The smallest absolute Gasteiger partial charge is 0.207 e. The van der Waals surface area contributed by atoms with E-state index in [1.165, 1.54) is 3.57 Å². The second-order valence-corrected chi connectivity index (χ2v) is 4.77. The summed E-state index contributed by atoms with van der Waals surface area (Å²) in [5, 5.41) is 3.24. The first kappa shape index (κ1) is 12.4. The monoisotopic (exact) mass is 343 g/mol. The molecule has 5 heteroatoms. The Balaban J connectivity index is 2.18. The van der Waals surface area contributed by atoms with E-state index in [0.29, 0.717) is 6.61 Å². The molecule has 0 aliphatic heterocycles. The molecule has 2 aromatic rings. The van der Waals surface area contributed by atoms with Gasteiger partial charge in [0, 0.05) is 35.3 Å². The van der Waals surface area contributed by atoms with Crippen LogP contribution in [0.1, 0.15) is 0 Å². The standard InChI is InChI=1S/C12H14IN3O/c1-17-8-6-15-12-14-5-7-16(12)11-4-2-3-10(13)9-11/h2-5,7,9H,6,8H2,1H3,(H,14,15). The summed E-state index contributed by atoms with van der Waals surface area (Å²) >= 11 is 2.30. The number of hydrogen-bond donors (Lipinski definition) is 1. The summed E-state index contributed by atoms with van der Waals surface area (Å²) in [6.07, 6.45) is 3.73. The minimum absolute atomic E-state index is 0.666. The van der Waals surface area contributed by atoms with E-state index in [1.54, 1.807) is 13.3 Å². The maximum atomic E-state index is 5.00. The first-order valence-corrected chi connectivity index (χ1v) is 6.41. The number of anilines is 1. The Bertz CT molecular complexity index is 484. The Hall–Kier alpha value is -1.08. The summed E-state index contributed by atoms with van der Waals surface area (Å²) in [4.78, 5) is 4.29.